The predicted octanol–water partition coefficient (Wildman–Crippen LogP) is 2.28. The summed E-state index contributed by atoms with van der Waals surface area (Å²) in [4.78, 5) is 13.7. The summed E-state index contributed by atoms with van der Waals surface area (Å²) in [5.74, 6) is -0.767. The molecule has 0 amide bonds. The Balaban J connectivity index is 1.74. The van der Waals surface area contributed by atoms with Crippen LogP contribution in [-0.2, 0) is 17.8 Å². The fourth-order valence-electron chi connectivity index (χ4n) is 2.90. The number of rotatable bonds is 7. The molecule has 0 fully saturated rings. The molecule has 1 unspecified atom stereocenters. The van der Waals surface area contributed by atoms with Gasteiger partial charge >= 0.3 is 5.97 Å². The number of benzene rings is 1. The van der Waals surface area contributed by atoms with E-state index >= 15 is 0 Å². The zero-order valence-corrected chi connectivity index (χ0v) is 13.1. The molecule has 4 nitrogen and oxygen atoms in total. The topological polar surface area (TPSA) is 52.6 Å². The maximum Gasteiger partial charge on any atom is 0.323 e. The van der Waals surface area contributed by atoms with Gasteiger partial charge < -0.3 is 10.4 Å². The highest BCUT2D eigenvalue weighted by Crippen LogP contribution is 2.19. The number of carboxylic acids is 1. The van der Waals surface area contributed by atoms with Crippen molar-refractivity contribution in [2.75, 3.05) is 20.1 Å². The molecule has 1 aromatic rings. The predicted molar refractivity (Wildman–Crippen MR) is 84.4 cm³/mol. The van der Waals surface area contributed by atoms with Crippen LogP contribution in [0.4, 0.5) is 0 Å². The minimum Gasteiger partial charge on any atom is -0.480 e. The van der Waals surface area contributed by atoms with Gasteiger partial charge in [0.2, 0.25) is 0 Å². The SMILES string of the molecule is CNC(C)(CCCCN1CCc2ccccc2C1)C(=O)O. The summed E-state index contributed by atoms with van der Waals surface area (Å²) in [7, 11) is 1.72. The lowest BCUT2D eigenvalue weighted by Crippen LogP contribution is -2.47. The number of nitrogens with zero attached hydrogens (tertiary/aromatic N) is 1. The number of nitrogens with one attached hydrogen (secondary N) is 1. The van der Waals surface area contributed by atoms with E-state index in [1.165, 1.54) is 11.1 Å². The van der Waals surface area contributed by atoms with Gasteiger partial charge in [-0.15, -0.1) is 0 Å². The first-order chi connectivity index (χ1) is 10.0. The Kier molecular flexibility index (Phi) is 5.37. The molecule has 1 aliphatic rings. The molecular weight excluding hydrogens is 264 g/mol. The van der Waals surface area contributed by atoms with Crippen molar-refractivity contribution in [3.63, 3.8) is 0 Å². The van der Waals surface area contributed by atoms with Gasteiger partial charge in [-0.25, -0.2) is 0 Å². The molecule has 0 saturated carbocycles. The van der Waals surface area contributed by atoms with Crippen LogP contribution in [0.25, 0.3) is 0 Å². The number of likely N-dealkylation sites (N-methyl/N-ethyl adjacent to an activating group) is 1. The summed E-state index contributed by atoms with van der Waals surface area (Å²) < 4.78 is 0. The van der Waals surface area contributed by atoms with Crippen LogP contribution in [0.1, 0.15) is 37.3 Å². The molecule has 0 bridgehead atoms. The molecule has 0 aromatic heterocycles. The van der Waals surface area contributed by atoms with Crippen molar-refractivity contribution < 1.29 is 9.90 Å². The minimum atomic E-state index is -0.797. The molecule has 2 rings (SSSR count). The van der Waals surface area contributed by atoms with Crippen molar-refractivity contribution >= 4 is 5.97 Å². The number of carbonyl (C=O) groups is 1. The second-order valence-electron chi connectivity index (χ2n) is 6.14. The third-order valence-corrected chi connectivity index (χ3v) is 4.63. The molecule has 1 aliphatic heterocycles. The Morgan fingerprint density at radius 2 is 2.05 bits per heavy atom. The van der Waals surface area contributed by atoms with Crippen LogP contribution in [0, 0.1) is 0 Å². The molecule has 116 valence electrons. The zero-order valence-electron chi connectivity index (χ0n) is 13.1. The highest BCUT2D eigenvalue weighted by molar-refractivity contribution is 5.78. The van der Waals surface area contributed by atoms with Crippen molar-refractivity contribution in [1.29, 1.82) is 0 Å². The summed E-state index contributed by atoms with van der Waals surface area (Å²) in [6, 6.07) is 8.65. The average molecular weight is 290 g/mol. The molecule has 1 aromatic carbocycles. The third-order valence-electron chi connectivity index (χ3n) is 4.63. The highest BCUT2D eigenvalue weighted by Gasteiger charge is 2.30. The molecule has 0 aliphatic carbocycles. The molecule has 1 heterocycles. The fourth-order valence-corrected chi connectivity index (χ4v) is 2.90. The van der Waals surface area contributed by atoms with Gasteiger partial charge in [0.05, 0.1) is 0 Å². The first-order valence-corrected chi connectivity index (χ1v) is 7.76. The number of hydrogen-bond donors (Lipinski definition) is 2. The van der Waals surface area contributed by atoms with Crippen molar-refractivity contribution in [3.8, 4) is 0 Å². The van der Waals surface area contributed by atoms with Gasteiger partial charge in [0, 0.05) is 13.1 Å². The second kappa shape index (κ2) is 7.05. The van der Waals surface area contributed by atoms with E-state index < -0.39 is 11.5 Å². The van der Waals surface area contributed by atoms with Crippen LogP contribution in [0.3, 0.4) is 0 Å². The molecule has 4 heteroatoms. The fraction of sp³-hybridized carbons (Fsp3) is 0.588. The van der Waals surface area contributed by atoms with Gasteiger partial charge in [-0.05, 0) is 57.3 Å². The first kappa shape index (κ1) is 16.0. The molecule has 1 atom stereocenters. The van der Waals surface area contributed by atoms with E-state index in [0.717, 1.165) is 38.9 Å². The van der Waals surface area contributed by atoms with E-state index in [2.05, 4.69) is 34.5 Å². The summed E-state index contributed by atoms with van der Waals surface area (Å²) in [5.41, 5.74) is 2.12. The Morgan fingerprint density at radius 3 is 2.71 bits per heavy atom. The van der Waals surface area contributed by atoms with Crippen LogP contribution >= 0.6 is 0 Å². The van der Waals surface area contributed by atoms with Gasteiger partial charge in [-0.3, -0.25) is 9.69 Å². The molecule has 0 saturated heterocycles. The van der Waals surface area contributed by atoms with Crippen LogP contribution < -0.4 is 5.32 Å². The number of hydrogen-bond acceptors (Lipinski definition) is 3. The Hall–Kier alpha value is -1.39. The average Bonchev–Trinajstić information content (AvgIpc) is 2.51. The summed E-state index contributed by atoms with van der Waals surface area (Å²) in [5, 5.41) is 12.1. The van der Waals surface area contributed by atoms with Crippen LogP contribution in [0.15, 0.2) is 24.3 Å². The zero-order chi connectivity index (χ0) is 15.3. The Labute approximate surface area is 127 Å². The summed E-state index contributed by atoms with van der Waals surface area (Å²) >= 11 is 0. The minimum absolute atomic E-state index is 0.670. The number of fused-ring (bicyclic) bond motifs is 1. The largest absolute Gasteiger partial charge is 0.480 e. The van der Waals surface area contributed by atoms with Crippen LogP contribution in [0.5, 0.6) is 0 Å². The van der Waals surface area contributed by atoms with E-state index in [9.17, 15) is 9.90 Å². The van der Waals surface area contributed by atoms with Crippen molar-refractivity contribution in [2.24, 2.45) is 0 Å². The van der Waals surface area contributed by atoms with E-state index in [-0.39, 0.29) is 0 Å². The lowest BCUT2D eigenvalue weighted by Gasteiger charge is -2.29. The van der Waals surface area contributed by atoms with Gasteiger partial charge in [-0.2, -0.15) is 0 Å². The van der Waals surface area contributed by atoms with Gasteiger partial charge in [0.25, 0.3) is 0 Å². The van der Waals surface area contributed by atoms with Gasteiger partial charge in [-0.1, -0.05) is 24.3 Å². The summed E-state index contributed by atoms with van der Waals surface area (Å²) in [6.07, 6.45) is 3.78. The summed E-state index contributed by atoms with van der Waals surface area (Å²) in [6.45, 7) is 4.94. The number of carboxylic acid groups (broad SMARTS) is 1. The van der Waals surface area contributed by atoms with Gasteiger partial charge in [0.1, 0.15) is 5.54 Å². The van der Waals surface area contributed by atoms with E-state index in [4.69, 9.17) is 0 Å². The Bertz CT molecular complexity index is 489. The van der Waals surface area contributed by atoms with E-state index in [1.807, 2.05) is 0 Å². The quantitative estimate of drug-likeness (QED) is 0.757. The molecule has 0 spiro atoms. The lowest BCUT2D eigenvalue weighted by molar-refractivity contribution is -0.144. The smallest absolute Gasteiger partial charge is 0.323 e. The first-order valence-electron chi connectivity index (χ1n) is 7.76. The van der Waals surface area contributed by atoms with E-state index in [0.29, 0.717) is 6.42 Å². The highest BCUT2D eigenvalue weighted by atomic mass is 16.4. The second-order valence-corrected chi connectivity index (χ2v) is 6.14. The molecule has 0 radical (unpaired) electrons. The van der Waals surface area contributed by atoms with Crippen molar-refractivity contribution in [3.05, 3.63) is 35.4 Å². The normalized spacial score (nSPS) is 18.0. The van der Waals surface area contributed by atoms with E-state index in [1.54, 1.807) is 14.0 Å². The Morgan fingerprint density at radius 1 is 1.33 bits per heavy atom. The van der Waals surface area contributed by atoms with Crippen LogP contribution in [-0.4, -0.2) is 41.7 Å². The molecule has 21 heavy (non-hydrogen) atoms. The van der Waals surface area contributed by atoms with Gasteiger partial charge in [0.15, 0.2) is 0 Å². The number of aliphatic carboxylic acids is 1. The molecule has 2 N–H and O–H groups in total. The monoisotopic (exact) mass is 290 g/mol. The standard InChI is InChI=1S/C17H26N2O2/c1-17(18-2,16(20)21)10-5-6-11-19-12-9-14-7-3-4-8-15(14)13-19/h3-4,7-8,18H,5-6,9-13H2,1-2H3,(H,20,21). The maximum absolute atomic E-state index is 11.2. The number of unbranched alkanes of at least 4 members (excludes halogenated alkanes) is 1. The third kappa shape index (κ3) is 4.05. The molecular formula is C17H26N2O2. The lowest BCUT2D eigenvalue weighted by atomic mass is 9.95. The van der Waals surface area contributed by atoms with Crippen molar-refractivity contribution in [1.82, 2.24) is 10.2 Å². The maximum atomic E-state index is 11.2. The van der Waals surface area contributed by atoms with Crippen LogP contribution in [0.2, 0.25) is 0 Å². The van der Waals surface area contributed by atoms with Crippen molar-refractivity contribution in [2.45, 2.75) is 44.7 Å².